The van der Waals surface area contributed by atoms with Crippen molar-refractivity contribution < 1.29 is 9.21 Å². The molecule has 2 rings (SSSR count). The van der Waals surface area contributed by atoms with Crippen LogP contribution in [0.4, 0.5) is 0 Å². The Morgan fingerprint density at radius 1 is 1.17 bits per heavy atom. The highest BCUT2D eigenvalue weighted by atomic mass is 79.9. The number of carbonyl (C=O) groups excluding carboxylic acids is 1. The first-order valence-corrected chi connectivity index (χ1v) is 9.55. The molecule has 0 radical (unpaired) electrons. The van der Waals surface area contributed by atoms with Crippen LogP contribution >= 0.6 is 27.7 Å². The van der Waals surface area contributed by atoms with Gasteiger partial charge in [0.25, 0.3) is 5.22 Å². The number of benzene rings is 1. The molecule has 1 aromatic heterocycles. The first kappa shape index (κ1) is 19.0. The predicted molar refractivity (Wildman–Crippen MR) is 99.9 cm³/mol. The molecule has 2 aromatic rings. The van der Waals surface area contributed by atoms with Crippen molar-refractivity contribution in [3.8, 4) is 11.5 Å². The molecule has 0 aliphatic rings. The second-order valence-corrected chi connectivity index (χ2v) is 8.28. The van der Waals surface area contributed by atoms with E-state index in [4.69, 9.17) is 4.42 Å². The summed E-state index contributed by atoms with van der Waals surface area (Å²) in [5, 5.41) is 8.24. The van der Waals surface area contributed by atoms with Crippen LogP contribution < -0.4 is 0 Å². The molecule has 0 saturated heterocycles. The van der Waals surface area contributed by atoms with Gasteiger partial charge in [-0.25, -0.2) is 0 Å². The van der Waals surface area contributed by atoms with Gasteiger partial charge in [0, 0.05) is 22.1 Å². The summed E-state index contributed by atoms with van der Waals surface area (Å²) in [7, 11) is 0. The van der Waals surface area contributed by atoms with E-state index in [9.17, 15) is 4.79 Å². The molecule has 0 unspecified atom stereocenters. The lowest BCUT2D eigenvalue weighted by Crippen LogP contribution is -2.45. The topological polar surface area (TPSA) is 59.2 Å². The van der Waals surface area contributed by atoms with Gasteiger partial charge in [-0.05, 0) is 52.8 Å². The average molecular weight is 412 g/mol. The molecule has 0 saturated carbocycles. The number of halogens is 1. The molecular weight excluding hydrogens is 390 g/mol. The molecular formula is C17H22BrN3O2S. The maximum atomic E-state index is 12.7. The summed E-state index contributed by atoms with van der Waals surface area (Å²) in [5.74, 6) is 0.523. The third-order valence-corrected chi connectivity index (χ3v) is 4.89. The lowest BCUT2D eigenvalue weighted by Gasteiger charge is -2.32. The highest BCUT2D eigenvalue weighted by Crippen LogP contribution is 2.28. The Kier molecular flexibility index (Phi) is 6.46. The van der Waals surface area contributed by atoms with E-state index in [2.05, 4.69) is 26.1 Å². The zero-order valence-electron chi connectivity index (χ0n) is 14.5. The Morgan fingerprint density at radius 2 is 1.83 bits per heavy atom. The van der Waals surface area contributed by atoms with Crippen molar-refractivity contribution in [2.24, 2.45) is 0 Å². The number of nitrogens with zero attached hydrogens (tertiary/aromatic N) is 3. The molecule has 130 valence electrons. The second kappa shape index (κ2) is 8.16. The van der Waals surface area contributed by atoms with Crippen LogP contribution in [0, 0.1) is 0 Å². The molecule has 5 nitrogen and oxygen atoms in total. The Morgan fingerprint density at radius 3 is 2.42 bits per heavy atom. The normalized spacial score (nSPS) is 12.7. The lowest BCUT2D eigenvalue weighted by molar-refractivity contribution is -0.133. The quantitative estimate of drug-likeness (QED) is 0.648. The van der Waals surface area contributed by atoms with Gasteiger partial charge in [-0.2, -0.15) is 0 Å². The van der Waals surface area contributed by atoms with Gasteiger partial charge in [-0.15, -0.1) is 10.2 Å². The average Bonchev–Trinajstić information content (AvgIpc) is 2.95. The second-order valence-electron chi connectivity index (χ2n) is 6.08. The van der Waals surface area contributed by atoms with Crippen LogP contribution in [0.15, 0.2) is 38.4 Å². The number of amides is 1. The molecule has 0 aliphatic heterocycles. The molecule has 0 spiro atoms. The molecule has 0 aliphatic carbocycles. The molecule has 0 N–H and O–H groups in total. The molecule has 0 fully saturated rings. The van der Waals surface area contributed by atoms with E-state index in [1.165, 1.54) is 11.8 Å². The maximum Gasteiger partial charge on any atom is 0.277 e. The van der Waals surface area contributed by atoms with Crippen molar-refractivity contribution in [3.05, 3.63) is 28.7 Å². The number of hydrogen-bond donors (Lipinski definition) is 0. The zero-order chi connectivity index (χ0) is 17.9. The van der Waals surface area contributed by atoms with Gasteiger partial charge in [0.1, 0.15) is 0 Å². The fourth-order valence-corrected chi connectivity index (χ4v) is 3.65. The van der Waals surface area contributed by atoms with Crippen LogP contribution in [0.1, 0.15) is 34.6 Å². The smallest absolute Gasteiger partial charge is 0.277 e. The van der Waals surface area contributed by atoms with Gasteiger partial charge in [-0.3, -0.25) is 4.79 Å². The summed E-state index contributed by atoms with van der Waals surface area (Å²) in [5.41, 5.74) is 0.841. The Labute approximate surface area is 155 Å². The van der Waals surface area contributed by atoms with E-state index >= 15 is 0 Å². The molecule has 1 atom stereocenters. The van der Waals surface area contributed by atoms with Gasteiger partial charge < -0.3 is 9.32 Å². The van der Waals surface area contributed by atoms with E-state index in [0.29, 0.717) is 11.1 Å². The summed E-state index contributed by atoms with van der Waals surface area (Å²) >= 11 is 4.71. The van der Waals surface area contributed by atoms with Crippen LogP contribution in [0.2, 0.25) is 0 Å². The van der Waals surface area contributed by atoms with E-state index in [1.54, 1.807) is 0 Å². The van der Waals surface area contributed by atoms with E-state index < -0.39 is 0 Å². The number of hydrogen-bond acceptors (Lipinski definition) is 5. The monoisotopic (exact) mass is 411 g/mol. The van der Waals surface area contributed by atoms with Crippen LogP contribution in [0.25, 0.3) is 11.5 Å². The van der Waals surface area contributed by atoms with E-state index in [-0.39, 0.29) is 23.2 Å². The van der Waals surface area contributed by atoms with Crippen LogP contribution in [0.3, 0.4) is 0 Å². The minimum atomic E-state index is -0.286. The van der Waals surface area contributed by atoms with Crippen molar-refractivity contribution in [2.75, 3.05) is 0 Å². The van der Waals surface area contributed by atoms with Crippen LogP contribution in [0.5, 0.6) is 0 Å². The fourth-order valence-electron chi connectivity index (χ4n) is 2.51. The molecule has 7 heteroatoms. The van der Waals surface area contributed by atoms with Crippen molar-refractivity contribution >= 4 is 33.6 Å². The van der Waals surface area contributed by atoms with Crippen molar-refractivity contribution in [1.82, 2.24) is 15.1 Å². The largest absolute Gasteiger partial charge is 0.411 e. The van der Waals surface area contributed by atoms with E-state index in [1.807, 2.05) is 63.8 Å². The summed E-state index contributed by atoms with van der Waals surface area (Å²) in [6.45, 7) is 9.95. The summed E-state index contributed by atoms with van der Waals surface area (Å²) < 4.78 is 6.64. The standard InChI is InChI=1S/C17H22BrN3O2S/c1-10(2)21(11(3)4)16(22)12(5)24-17-20-19-15(23-17)13-7-6-8-14(18)9-13/h6-12H,1-5H3/t12-/m0/s1. The van der Waals surface area contributed by atoms with Gasteiger partial charge in [-0.1, -0.05) is 33.8 Å². The lowest BCUT2D eigenvalue weighted by atomic mass is 10.2. The van der Waals surface area contributed by atoms with Gasteiger partial charge in [0.15, 0.2) is 0 Å². The Bertz CT molecular complexity index is 695. The SMILES string of the molecule is CC(C)N(C(=O)[C@H](C)Sc1nnc(-c2cccc(Br)c2)o1)C(C)C. The third-order valence-electron chi connectivity index (χ3n) is 3.47. The maximum absolute atomic E-state index is 12.7. The Balaban J connectivity index is 2.10. The number of thioether (sulfide) groups is 1. The van der Waals surface area contributed by atoms with Crippen LogP contribution in [-0.4, -0.2) is 38.3 Å². The third kappa shape index (κ3) is 4.60. The molecule has 1 amide bonds. The fraction of sp³-hybridized carbons (Fsp3) is 0.471. The molecule has 1 heterocycles. The molecule has 1 aromatic carbocycles. The van der Waals surface area contributed by atoms with Gasteiger partial charge >= 0.3 is 0 Å². The summed E-state index contributed by atoms with van der Waals surface area (Å²) in [4.78, 5) is 14.5. The van der Waals surface area contributed by atoms with Gasteiger partial charge in [0.2, 0.25) is 11.8 Å². The predicted octanol–water partition coefficient (Wildman–Crippen LogP) is 4.63. The first-order chi connectivity index (χ1) is 11.3. The van der Waals surface area contributed by atoms with Crippen molar-refractivity contribution in [2.45, 2.75) is 57.2 Å². The van der Waals surface area contributed by atoms with Crippen LogP contribution in [-0.2, 0) is 4.79 Å². The van der Waals surface area contributed by atoms with Crippen molar-refractivity contribution in [1.29, 1.82) is 0 Å². The zero-order valence-corrected chi connectivity index (χ0v) is 16.9. The number of aromatic nitrogens is 2. The highest BCUT2D eigenvalue weighted by molar-refractivity contribution is 9.10. The number of rotatable bonds is 6. The minimum absolute atomic E-state index is 0.0761. The number of carbonyl (C=O) groups is 1. The highest BCUT2D eigenvalue weighted by Gasteiger charge is 2.27. The van der Waals surface area contributed by atoms with Gasteiger partial charge in [0.05, 0.1) is 5.25 Å². The Hall–Kier alpha value is -1.34. The first-order valence-electron chi connectivity index (χ1n) is 7.88. The van der Waals surface area contributed by atoms with Crippen molar-refractivity contribution in [3.63, 3.8) is 0 Å². The van der Waals surface area contributed by atoms with E-state index in [0.717, 1.165) is 10.0 Å². The summed E-state index contributed by atoms with van der Waals surface area (Å²) in [6, 6.07) is 7.96. The minimum Gasteiger partial charge on any atom is -0.411 e. The molecule has 0 bridgehead atoms. The molecule has 24 heavy (non-hydrogen) atoms. The summed E-state index contributed by atoms with van der Waals surface area (Å²) in [6.07, 6.45) is 0.